The molecule has 1 atom stereocenters. The lowest BCUT2D eigenvalue weighted by atomic mass is 9.91. The molecule has 7 nitrogen and oxygen atoms in total. The minimum atomic E-state index is -0.700. The van der Waals surface area contributed by atoms with Crippen LogP contribution in [0.25, 0.3) is 0 Å². The van der Waals surface area contributed by atoms with Crippen molar-refractivity contribution in [3.8, 4) is 5.75 Å². The van der Waals surface area contributed by atoms with Crippen LogP contribution in [0.3, 0.4) is 0 Å². The summed E-state index contributed by atoms with van der Waals surface area (Å²) in [6.45, 7) is 0.710. The molecule has 0 saturated heterocycles. The summed E-state index contributed by atoms with van der Waals surface area (Å²) < 4.78 is 14.2. The van der Waals surface area contributed by atoms with E-state index in [9.17, 15) is 19.1 Å². The molecule has 8 heteroatoms. The van der Waals surface area contributed by atoms with Gasteiger partial charge in [0.15, 0.2) is 11.4 Å². The van der Waals surface area contributed by atoms with Crippen molar-refractivity contribution in [3.63, 3.8) is 0 Å². The van der Waals surface area contributed by atoms with Crippen LogP contribution in [0.2, 0.25) is 0 Å². The SMILES string of the molecule is O=C1c2c(O)c(=O)cnn2N2CN1CCCCCc1cc(F)ccc1C2c1ccccc1. The molecule has 0 fully saturated rings. The van der Waals surface area contributed by atoms with Gasteiger partial charge < -0.3 is 10.0 Å². The van der Waals surface area contributed by atoms with Gasteiger partial charge in [-0.2, -0.15) is 9.89 Å². The van der Waals surface area contributed by atoms with Gasteiger partial charge in [-0.3, -0.25) is 14.6 Å². The van der Waals surface area contributed by atoms with Gasteiger partial charge in [-0.05, 0) is 48.1 Å². The van der Waals surface area contributed by atoms with Crippen molar-refractivity contribution >= 4 is 5.91 Å². The summed E-state index contributed by atoms with van der Waals surface area (Å²) in [5.74, 6) is -1.32. The first-order chi connectivity index (χ1) is 15.5. The zero-order valence-electron chi connectivity index (χ0n) is 17.4. The third kappa shape index (κ3) is 3.41. The fourth-order valence-electron chi connectivity index (χ4n) is 4.63. The normalized spacial score (nSPS) is 18.5. The maximum Gasteiger partial charge on any atom is 0.279 e. The topological polar surface area (TPSA) is 78.7 Å². The summed E-state index contributed by atoms with van der Waals surface area (Å²) in [7, 11) is 0. The zero-order chi connectivity index (χ0) is 22.2. The Kier molecular flexibility index (Phi) is 5.13. The maximum absolute atomic E-state index is 14.2. The minimum Gasteiger partial charge on any atom is -0.502 e. The Balaban J connectivity index is 1.79. The molecule has 2 aromatic carbocycles. The van der Waals surface area contributed by atoms with Gasteiger partial charge in [0.25, 0.3) is 5.91 Å². The molecule has 1 amide bonds. The Hall–Kier alpha value is -3.68. The van der Waals surface area contributed by atoms with Crippen LogP contribution >= 0.6 is 0 Å². The Morgan fingerprint density at radius 3 is 2.66 bits per heavy atom. The van der Waals surface area contributed by atoms with E-state index in [1.165, 1.54) is 10.9 Å². The first-order valence-corrected chi connectivity index (χ1v) is 10.8. The molecule has 0 aliphatic carbocycles. The van der Waals surface area contributed by atoms with Crippen molar-refractivity contribution in [2.75, 3.05) is 18.2 Å². The van der Waals surface area contributed by atoms with Crippen molar-refractivity contribution < 1.29 is 14.3 Å². The van der Waals surface area contributed by atoms with Crippen LogP contribution in [-0.4, -0.2) is 39.0 Å². The van der Waals surface area contributed by atoms with E-state index in [1.807, 2.05) is 35.3 Å². The fourth-order valence-corrected chi connectivity index (χ4v) is 4.63. The van der Waals surface area contributed by atoms with Crippen molar-refractivity contribution in [2.45, 2.75) is 31.7 Å². The van der Waals surface area contributed by atoms with Crippen LogP contribution in [0.4, 0.5) is 4.39 Å². The van der Waals surface area contributed by atoms with Crippen LogP contribution < -0.4 is 10.4 Å². The number of amides is 1. The van der Waals surface area contributed by atoms with E-state index in [-0.39, 0.29) is 18.2 Å². The first-order valence-electron chi connectivity index (χ1n) is 10.8. The Morgan fingerprint density at radius 2 is 1.84 bits per heavy atom. The number of carbonyl (C=O) groups is 1. The van der Waals surface area contributed by atoms with Gasteiger partial charge in [-0.1, -0.05) is 42.8 Å². The summed E-state index contributed by atoms with van der Waals surface area (Å²) in [5.41, 5.74) is 1.89. The molecule has 164 valence electrons. The summed E-state index contributed by atoms with van der Waals surface area (Å²) in [6.07, 6.45) is 4.25. The van der Waals surface area contributed by atoms with Crippen LogP contribution in [0.15, 0.2) is 59.5 Å². The second-order valence-corrected chi connectivity index (χ2v) is 8.21. The highest BCUT2D eigenvalue weighted by Gasteiger charge is 2.38. The molecule has 3 heterocycles. The summed E-state index contributed by atoms with van der Waals surface area (Å²) in [5, 5.41) is 16.6. The van der Waals surface area contributed by atoms with Crippen molar-refractivity contribution in [1.82, 2.24) is 14.8 Å². The molecule has 2 aliphatic heterocycles. The number of hydrogen-bond donors (Lipinski definition) is 1. The third-order valence-corrected chi connectivity index (χ3v) is 6.18. The highest BCUT2D eigenvalue weighted by atomic mass is 19.1. The fraction of sp³-hybridized carbons (Fsp3) is 0.292. The largest absolute Gasteiger partial charge is 0.502 e. The average molecular weight is 434 g/mol. The molecule has 5 rings (SSSR count). The summed E-state index contributed by atoms with van der Waals surface area (Å²) in [4.78, 5) is 28.3. The molecule has 2 bridgehead atoms. The van der Waals surface area contributed by atoms with E-state index in [1.54, 1.807) is 17.0 Å². The van der Waals surface area contributed by atoms with Gasteiger partial charge in [0.1, 0.15) is 18.7 Å². The Bertz CT molecular complexity index is 1230. The Labute approximate surface area is 184 Å². The predicted molar refractivity (Wildman–Crippen MR) is 117 cm³/mol. The number of aryl methyl sites for hydroxylation is 1. The molecule has 1 N–H and O–H groups in total. The predicted octanol–water partition coefficient (Wildman–Crippen LogP) is 2.96. The number of carbonyl (C=O) groups excluding carboxylic acids is 1. The van der Waals surface area contributed by atoms with Gasteiger partial charge >= 0.3 is 0 Å². The maximum atomic E-state index is 14.2. The van der Waals surface area contributed by atoms with E-state index in [0.717, 1.165) is 42.1 Å². The number of halogens is 1. The highest BCUT2D eigenvalue weighted by molar-refractivity contribution is 5.96. The number of nitrogens with zero attached hydrogens (tertiary/aromatic N) is 4. The Morgan fingerprint density at radius 1 is 1.03 bits per heavy atom. The molecule has 3 aromatic rings. The van der Waals surface area contributed by atoms with Gasteiger partial charge in [-0.25, -0.2) is 4.39 Å². The summed E-state index contributed by atoms with van der Waals surface area (Å²) in [6, 6.07) is 14.1. The summed E-state index contributed by atoms with van der Waals surface area (Å²) >= 11 is 0. The molecule has 1 unspecified atom stereocenters. The van der Waals surface area contributed by atoms with E-state index in [0.29, 0.717) is 13.0 Å². The average Bonchev–Trinajstić information content (AvgIpc) is 2.82. The molecule has 1 aromatic heterocycles. The van der Waals surface area contributed by atoms with Gasteiger partial charge in [0.2, 0.25) is 5.43 Å². The number of fused-ring (bicyclic) bond motifs is 5. The monoisotopic (exact) mass is 434 g/mol. The smallest absolute Gasteiger partial charge is 0.279 e. The quantitative estimate of drug-likeness (QED) is 0.637. The van der Waals surface area contributed by atoms with Gasteiger partial charge in [-0.15, -0.1) is 0 Å². The van der Waals surface area contributed by atoms with E-state index >= 15 is 0 Å². The molecule has 32 heavy (non-hydrogen) atoms. The highest BCUT2D eigenvalue weighted by Crippen LogP contribution is 2.34. The molecule has 2 aliphatic rings. The second kappa shape index (κ2) is 8.11. The number of aromatic hydroxyl groups is 1. The molecule has 0 saturated carbocycles. The van der Waals surface area contributed by atoms with Gasteiger partial charge in [0.05, 0.1) is 6.04 Å². The minimum absolute atomic E-state index is 0.146. The standard InChI is InChI=1S/C24H23FN4O3/c25-18-10-11-19-17(13-18)9-5-2-6-12-27-15-28(21(19)16-7-3-1-4-8-16)29-22(24(27)32)23(31)20(30)14-26-29/h1,3-4,7-8,10-11,13-14,21,31H,2,5-6,9,12,15H2. The van der Waals surface area contributed by atoms with Crippen LogP contribution in [-0.2, 0) is 6.42 Å². The number of benzene rings is 2. The van der Waals surface area contributed by atoms with Crippen molar-refractivity contribution in [1.29, 1.82) is 0 Å². The van der Waals surface area contributed by atoms with Crippen molar-refractivity contribution in [3.05, 3.63) is 93.2 Å². The van der Waals surface area contributed by atoms with Crippen LogP contribution in [0, 0.1) is 5.82 Å². The van der Waals surface area contributed by atoms with Crippen LogP contribution in [0.5, 0.6) is 5.75 Å². The molecule has 0 radical (unpaired) electrons. The van der Waals surface area contributed by atoms with E-state index in [4.69, 9.17) is 0 Å². The number of aromatic nitrogens is 2. The lowest BCUT2D eigenvalue weighted by molar-refractivity contribution is 0.0665. The second-order valence-electron chi connectivity index (χ2n) is 8.21. The molecular formula is C24H23FN4O3. The number of hydrogen-bond acceptors (Lipinski definition) is 5. The first kappa shape index (κ1) is 20.2. The van der Waals surface area contributed by atoms with E-state index < -0.39 is 23.1 Å². The third-order valence-electron chi connectivity index (χ3n) is 6.18. The number of rotatable bonds is 1. The lowest BCUT2D eigenvalue weighted by Crippen LogP contribution is -2.56. The van der Waals surface area contributed by atoms with Gasteiger partial charge in [0, 0.05) is 6.54 Å². The lowest BCUT2D eigenvalue weighted by Gasteiger charge is -2.43. The van der Waals surface area contributed by atoms with E-state index in [2.05, 4.69) is 5.10 Å². The molecule has 0 spiro atoms. The van der Waals surface area contributed by atoms with Crippen LogP contribution in [0.1, 0.15) is 52.5 Å². The van der Waals surface area contributed by atoms with Crippen molar-refractivity contribution in [2.24, 2.45) is 0 Å². The zero-order valence-corrected chi connectivity index (χ0v) is 17.4. The molecular weight excluding hydrogens is 411 g/mol.